The molecule has 0 saturated heterocycles. The van der Waals surface area contributed by atoms with Gasteiger partial charge in [-0.2, -0.15) is 0 Å². The van der Waals surface area contributed by atoms with Gasteiger partial charge in [-0.05, 0) is 45.4 Å². The molecule has 0 radical (unpaired) electrons. The summed E-state index contributed by atoms with van der Waals surface area (Å²) in [6.45, 7) is 1.93. The summed E-state index contributed by atoms with van der Waals surface area (Å²) in [5, 5.41) is 2.92. The molecule has 1 unspecified atom stereocenters. The van der Waals surface area contributed by atoms with Gasteiger partial charge in [0.1, 0.15) is 5.54 Å². The zero-order valence-electron chi connectivity index (χ0n) is 12.5. The summed E-state index contributed by atoms with van der Waals surface area (Å²) in [5.74, 6) is -2.14. The molecular formula is C15H21F2NO3. The number of rotatable bonds is 8. The van der Waals surface area contributed by atoms with E-state index in [1.165, 1.54) is 13.2 Å². The van der Waals surface area contributed by atoms with E-state index in [2.05, 4.69) is 5.32 Å². The van der Waals surface area contributed by atoms with E-state index in [1.807, 2.05) is 0 Å². The zero-order valence-corrected chi connectivity index (χ0v) is 12.5. The van der Waals surface area contributed by atoms with Crippen LogP contribution >= 0.6 is 0 Å². The highest BCUT2D eigenvalue weighted by Crippen LogP contribution is 2.21. The van der Waals surface area contributed by atoms with Gasteiger partial charge in [0.15, 0.2) is 17.4 Å². The first-order valence-electron chi connectivity index (χ1n) is 6.78. The average Bonchev–Trinajstić information content (AvgIpc) is 2.48. The minimum absolute atomic E-state index is 0.179. The minimum Gasteiger partial charge on any atom is -0.488 e. The quantitative estimate of drug-likeness (QED) is 0.592. The molecule has 0 saturated carbocycles. The molecule has 118 valence electrons. The zero-order chi connectivity index (χ0) is 15.9. The van der Waals surface area contributed by atoms with Crippen LogP contribution in [0.1, 0.15) is 26.2 Å². The van der Waals surface area contributed by atoms with E-state index in [0.717, 1.165) is 12.1 Å². The Kier molecular flexibility index (Phi) is 6.55. The third-order valence-electron chi connectivity index (χ3n) is 3.42. The van der Waals surface area contributed by atoms with E-state index in [4.69, 9.17) is 9.47 Å². The lowest BCUT2D eigenvalue weighted by atomic mass is 9.95. The number of esters is 1. The summed E-state index contributed by atoms with van der Waals surface area (Å²) in [5.41, 5.74) is -0.766. The number of hydrogen-bond donors (Lipinski definition) is 1. The standard InChI is InChI=1S/C15H21F2NO3/c1-15(18-2,14(19)20-3)9-4-5-10-21-13-11(16)7-6-8-12(13)17/h6-8,18H,4-5,9-10H2,1-3H3. The Morgan fingerprint density at radius 2 is 1.90 bits per heavy atom. The number of halogens is 2. The van der Waals surface area contributed by atoms with Crippen LogP contribution in [0.15, 0.2) is 18.2 Å². The first kappa shape index (κ1) is 17.4. The maximum atomic E-state index is 13.3. The van der Waals surface area contributed by atoms with Gasteiger partial charge in [0.05, 0.1) is 13.7 Å². The largest absolute Gasteiger partial charge is 0.488 e. The van der Waals surface area contributed by atoms with Crippen LogP contribution in [-0.2, 0) is 9.53 Å². The van der Waals surface area contributed by atoms with Crippen LogP contribution in [0.5, 0.6) is 5.75 Å². The molecule has 0 aliphatic heterocycles. The fourth-order valence-corrected chi connectivity index (χ4v) is 1.93. The summed E-state index contributed by atoms with van der Waals surface area (Å²) in [6.07, 6.45) is 1.77. The number of methoxy groups -OCH3 is 1. The number of carbonyl (C=O) groups is 1. The highest BCUT2D eigenvalue weighted by atomic mass is 19.1. The van der Waals surface area contributed by atoms with Crippen molar-refractivity contribution in [2.24, 2.45) is 0 Å². The second kappa shape index (κ2) is 7.93. The number of benzene rings is 1. The molecule has 0 heterocycles. The summed E-state index contributed by atoms with van der Waals surface area (Å²) in [7, 11) is 3.02. The first-order chi connectivity index (χ1) is 9.94. The predicted molar refractivity (Wildman–Crippen MR) is 75.2 cm³/mol. The fraction of sp³-hybridized carbons (Fsp3) is 0.533. The van der Waals surface area contributed by atoms with Gasteiger partial charge in [0, 0.05) is 0 Å². The van der Waals surface area contributed by atoms with Crippen molar-refractivity contribution >= 4 is 5.97 Å². The van der Waals surface area contributed by atoms with E-state index in [0.29, 0.717) is 19.3 Å². The van der Waals surface area contributed by atoms with Gasteiger partial charge in [-0.1, -0.05) is 6.07 Å². The summed E-state index contributed by atoms with van der Waals surface area (Å²) >= 11 is 0. The third kappa shape index (κ3) is 4.67. The normalized spacial score (nSPS) is 13.6. The van der Waals surface area contributed by atoms with Crippen molar-refractivity contribution < 1.29 is 23.0 Å². The second-order valence-corrected chi connectivity index (χ2v) is 4.93. The molecule has 1 rings (SSSR count). The molecule has 0 amide bonds. The van der Waals surface area contributed by atoms with Crippen molar-refractivity contribution in [3.63, 3.8) is 0 Å². The van der Waals surface area contributed by atoms with Crippen molar-refractivity contribution in [1.29, 1.82) is 0 Å². The number of likely N-dealkylation sites (N-methyl/N-ethyl adjacent to an activating group) is 1. The summed E-state index contributed by atoms with van der Waals surface area (Å²) < 4.78 is 36.5. The van der Waals surface area contributed by atoms with Crippen LogP contribution < -0.4 is 10.1 Å². The summed E-state index contributed by atoms with van der Waals surface area (Å²) in [6, 6.07) is 3.58. The van der Waals surface area contributed by atoms with Crippen molar-refractivity contribution in [3.8, 4) is 5.75 Å². The lowest BCUT2D eigenvalue weighted by molar-refractivity contribution is -0.148. The molecular weight excluding hydrogens is 280 g/mol. The maximum Gasteiger partial charge on any atom is 0.325 e. The molecule has 0 bridgehead atoms. The van der Waals surface area contributed by atoms with Crippen LogP contribution in [0.4, 0.5) is 8.78 Å². The topological polar surface area (TPSA) is 47.6 Å². The average molecular weight is 301 g/mol. The molecule has 6 heteroatoms. The highest BCUT2D eigenvalue weighted by Gasteiger charge is 2.31. The number of nitrogens with one attached hydrogen (secondary N) is 1. The molecule has 21 heavy (non-hydrogen) atoms. The van der Waals surface area contributed by atoms with Gasteiger partial charge in [0.25, 0.3) is 0 Å². The Hall–Kier alpha value is -1.69. The Bertz CT molecular complexity index is 462. The van der Waals surface area contributed by atoms with Gasteiger partial charge in [-0.25, -0.2) is 8.78 Å². The van der Waals surface area contributed by atoms with Crippen molar-refractivity contribution in [3.05, 3.63) is 29.8 Å². The minimum atomic E-state index is -0.766. The monoisotopic (exact) mass is 301 g/mol. The van der Waals surface area contributed by atoms with Crippen LogP contribution in [0.3, 0.4) is 0 Å². The molecule has 1 atom stereocenters. The molecule has 1 N–H and O–H groups in total. The van der Waals surface area contributed by atoms with Crippen molar-refractivity contribution in [2.45, 2.75) is 31.7 Å². The molecule has 0 fully saturated rings. The number of hydrogen-bond acceptors (Lipinski definition) is 4. The molecule has 0 aromatic heterocycles. The van der Waals surface area contributed by atoms with Crippen molar-refractivity contribution in [2.75, 3.05) is 20.8 Å². The third-order valence-corrected chi connectivity index (χ3v) is 3.42. The molecule has 1 aromatic rings. The van der Waals surface area contributed by atoms with E-state index in [1.54, 1.807) is 14.0 Å². The number of para-hydroxylation sites is 1. The molecule has 0 aliphatic rings. The number of unbranched alkanes of at least 4 members (excludes halogenated alkanes) is 1. The highest BCUT2D eigenvalue weighted by molar-refractivity contribution is 5.80. The smallest absolute Gasteiger partial charge is 0.325 e. The predicted octanol–water partition coefficient (Wildman–Crippen LogP) is 2.67. The van der Waals surface area contributed by atoms with E-state index in [9.17, 15) is 13.6 Å². The molecule has 0 aliphatic carbocycles. The van der Waals surface area contributed by atoms with Crippen LogP contribution in [0.2, 0.25) is 0 Å². The van der Waals surface area contributed by atoms with Gasteiger partial charge in [0.2, 0.25) is 0 Å². The maximum absolute atomic E-state index is 13.3. The van der Waals surface area contributed by atoms with Crippen LogP contribution in [0, 0.1) is 11.6 Å². The SMILES string of the molecule is CNC(C)(CCCCOc1c(F)cccc1F)C(=O)OC. The van der Waals surface area contributed by atoms with E-state index in [-0.39, 0.29) is 18.3 Å². The molecule has 0 spiro atoms. The first-order valence-corrected chi connectivity index (χ1v) is 6.78. The Balaban J connectivity index is 2.39. The molecule has 4 nitrogen and oxygen atoms in total. The lowest BCUT2D eigenvalue weighted by Crippen LogP contribution is -2.48. The Morgan fingerprint density at radius 1 is 1.29 bits per heavy atom. The van der Waals surface area contributed by atoms with E-state index >= 15 is 0 Å². The van der Waals surface area contributed by atoms with Gasteiger partial charge in [-0.3, -0.25) is 4.79 Å². The number of carbonyl (C=O) groups excluding carboxylic acids is 1. The summed E-state index contributed by atoms with van der Waals surface area (Å²) in [4.78, 5) is 11.6. The number of ether oxygens (including phenoxy) is 2. The van der Waals surface area contributed by atoms with Gasteiger partial charge >= 0.3 is 5.97 Å². The van der Waals surface area contributed by atoms with Crippen LogP contribution in [-0.4, -0.2) is 32.3 Å². The fourth-order valence-electron chi connectivity index (χ4n) is 1.93. The van der Waals surface area contributed by atoms with E-state index < -0.39 is 17.2 Å². The lowest BCUT2D eigenvalue weighted by Gasteiger charge is -2.25. The van der Waals surface area contributed by atoms with Crippen LogP contribution in [0.25, 0.3) is 0 Å². The van der Waals surface area contributed by atoms with Gasteiger partial charge < -0.3 is 14.8 Å². The Morgan fingerprint density at radius 3 is 2.43 bits per heavy atom. The van der Waals surface area contributed by atoms with Crippen molar-refractivity contribution in [1.82, 2.24) is 5.32 Å². The molecule has 1 aromatic carbocycles. The Labute approximate surface area is 123 Å². The second-order valence-electron chi connectivity index (χ2n) is 4.93. The van der Waals surface area contributed by atoms with Gasteiger partial charge in [-0.15, -0.1) is 0 Å².